The standard InChI is InChI=1S/C11H22N2O/c1-4-6-7-8-13-10(5-2)9(3)11(12)14/h13H,4-8H2,1-3H3,(H2,12,14)/b10-9-. The van der Waals surface area contributed by atoms with Crippen LogP contribution in [0.1, 0.15) is 46.5 Å². The van der Waals surface area contributed by atoms with Crippen LogP contribution >= 0.6 is 0 Å². The number of hydrogen-bond donors (Lipinski definition) is 2. The van der Waals surface area contributed by atoms with Gasteiger partial charge in [0, 0.05) is 17.8 Å². The number of rotatable bonds is 7. The van der Waals surface area contributed by atoms with Crippen molar-refractivity contribution in [3.05, 3.63) is 11.3 Å². The molecule has 0 rings (SSSR count). The zero-order valence-corrected chi connectivity index (χ0v) is 9.52. The Hall–Kier alpha value is -0.990. The summed E-state index contributed by atoms with van der Waals surface area (Å²) in [5.41, 5.74) is 6.84. The Morgan fingerprint density at radius 2 is 1.93 bits per heavy atom. The molecule has 0 heterocycles. The van der Waals surface area contributed by atoms with E-state index in [9.17, 15) is 4.79 Å². The molecule has 0 aliphatic carbocycles. The highest BCUT2D eigenvalue weighted by molar-refractivity contribution is 5.91. The van der Waals surface area contributed by atoms with Crippen molar-refractivity contribution < 1.29 is 4.79 Å². The Morgan fingerprint density at radius 1 is 1.29 bits per heavy atom. The summed E-state index contributed by atoms with van der Waals surface area (Å²) >= 11 is 0. The number of nitrogens with one attached hydrogen (secondary N) is 1. The lowest BCUT2D eigenvalue weighted by Crippen LogP contribution is -2.21. The maximum atomic E-state index is 10.9. The van der Waals surface area contributed by atoms with Crippen molar-refractivity contribution in [3.8, 4) is 0 Å². The van der Waals surface area contributed by atoms with E-state index in [1.165, 1.54) is 12.8 Å². The number of amides is 1. The summed E-state index contributed by atoms with van der Waals surface area (Å²) in [6.45, 7) is 6.90. The van der Waals surface area contributed by atoms with Gasteiger partial charge in [0.25, 0.3) is 0 Å². The molecule has 1 amide bonds. The molecule has 0 aromatic rings. The van der Waals surface area contributed by atoms with Gasteiger partial charge in [0.05, 0.1) is 0 Å². The summed E-state index contributed by atoms with van der Waals surface area (Å²) in [4.78, 5) is 10.9. The van der Waals surface area contributed by atoms with Gasteiger partial charge in [0.1, 0.15) is 0 Å². The molecule has 14 heavy (non-hydrogen) atoms. The van der Waals surface area contributed by atoms with Gasteiger partial charge in [-0.05, 0) is 19.8 Å². The van der Waals surface area contributed by atoms with Crippen molar-refractivity contribution in [3.63, 3.8) is 0 Å². The average Bonchev–Trinajstić information content (AvgIpc) is 2.17. The molecular formula is C11H22N2O. The Morgan fingerprint density at radius 3 is 2.36 bits per heavy atom. The van der Waals surface area contributed by atoms with Crippen molar-refractivity contribution in [2.45, 2.75) is 46.5 Å². The highest BCUT2D eigenvalue weighted by Gasteiger charge is 2.04. The number of carbonyl (C=O) groups excluding carboxylic acids is 1. The summed E-state index contributed by atoms with van der Waals surface area (Å²) in [6.07, 6.45) is 4.41. The number of unbranched alkanes of at least 4 members (excludes halogenated alkanes) is 2. The minimum absolute atomic E-state index is 0.329. The molecule has 0 bridgehead atoms. The minimum Gasteiger partial charge on any atom is -0.388 e. The molecule has 82 valence electrons. The third kappa shape index (κ3) is 4.90. The lowest BCUT2D eigenvalue weighted by atomic mass is 10.1. The van der Waals surface area contributed by atoms with E-state index in [1.807, 2.05) is 6.92 Å². The molecule has 0 radical (unpaired) electrons. The summed E-state index contributed by atoms with van der Waals surface area (Å²) in [7, 11) is 0. The second-order valence-electron chi connectivity index (χ2n) is 3.46. The van der Waals surface area contributed by atoms with Gasteiger partial charge in [0.15, 0.2) is 0 Å². The minimum atomic E-state index is -0.329. The Labute approximate surface area is 86.8 Å². The second kappa shape index (κ2) is 7.42. The van der Waals surface area contributed by atoms with Crippen LogP contribution in [0, 0.1) is 0 Å². The molecule has 0 fully saturated rings. The van der Waals surface area contributed by atoms with Crippen LogP contribution in [0.3, 0.4) is 0 Å². The lowest BCUT2D eigenvalue weighted by Gasteiger charge is -2.11. The van der Waals surface area contributed by atoms with Gasteiger partial charge in [-0.2, -0.15) is 0 Å². The first kappa shape index (κ1) is 13.0. The summed E-state index contributed by atoms with van der Waals surface area (Å²) < 4.78 is 0. The van der Waals surface area contributed by atoms with Crippen LogP contribution in [0.2, 0.25) is 0 Å². The molecule has 0 saturated carbocycles. The van der Waals surface area contributed by atoms with Crippen LogP contribution in [-0.4, -0.2) is 12.5 Å². The SMILES string of the molecule is CCCCCN/C(CC)=C(/C)C(N)=O. The molecule has 0 aromatic carbocycles. The molecule has 3 heteroatoms. The van der Waals surface area contributed by atoms with E-state index in [-0.39, 0.29) is 5.91 Å². The Kier molecular flexibility index (Phi) is 6.89. The van der Waals surface area contributed by atoms with Gasteiger partial charge in [-0.25, -0.2) is 0 Å². The topological polar surface area (TPSA) is 55.1 Å². The summed E-state index contributed by atoms with van der Waals surface area (Å²) in [5.74, 6) is -0.329. The third-order valence-corrected chi connectivity index (χ3v) is 2.29. The highest BCUT2D eigenvalue weighted by Crippen LogP contribution is 2.04. The fourth-order valence-electron chi connectivity index (χ4n) is 1.29. The predicted molar refractivity (Wildman–Crippen MR) is 59.7 cm³/mol. The molecule has 0 aliphatic rings. The van der Waals surface area contributed by atoms with E-state index < -0.39 is 0 Å². The van der Waals surface area contributed by atoms with Gasteiger partial charge < -0.3 is 11.1 Å². The van der Waals surface area contributed by atoms with E-state index in [1.54, 1.807) is 6.92 Å². The largest absolute Gasteiger partial charge is 0.388 e. The molecule has 0 spiro atoms. The molecule has 3 N–H and O–H groups in total. The molecule has 0 saturated heterocycles. The van der Waals surface area contributed by atoms with E-state index in [0.717, 1.165) is 25.1 Å². The van der Waals surface area contributed by atoms with Crippen molar-refractivity contribution in [2.24, 2.45) is 5.73 Å². The Balaban J connectivity index is 4.02. The first-order valence-electron chi connectivity index (χ1n) is 5.36. The van der Waals surface area contributed by atoms with Crippen molar-refractivity contribution >= 4 is 5.91 Å². The highest BCUT2D eigenvalue weighted by atomic mass is 16.1. The number of primary amides is 1. The number of allylic oxidation sites excluding steroid dienone is 1. The van der Waals surface area contributed by atoms with E-state index in [0.29, 0.717) is 5.57 Å². The number of hydrogen-bond acceptors (Lipinski definition) is 2. The first-order chi connectivity index (χ1) is 6.63. The number of nitrogens with two attached hydrogens (primary N) is 1. The average molecular weight is 198 g/mol. The van der Waals surface area contributed by atoms with E-state index >= 15 is 0 Å². The molecule has 3 nitrogen and oxygen atoms in total. The number of carbonyl (C=O) groups is 1. The first-order valence-corrected chi connectivity index (χ1v) is 5.36. The van der Waals surface area contributed by atoms with Crippen molar-refractivity contribution in [2.75, 3.05) is 6.54 Å². The maximum Gasteiger partial charge on any atom is 0.246 e. The maximum absolute atomic E-state index is 10.9. The van der Waals surface area contributed by atoms with Gasteiger partial charge in [-0.15, -0.1) is 0 Å². The van der Waals surface area contributed by atoms with Crippen LogP contribution in [0.4, 0.5) is 0 Å². The lowest BCUT2D eigenvalue weighted by molar-refractivity contribution is -0.114. The zero-order chi connectivity index (χ0) is 11.0. The van der Waals surface area contributed by atoms with Crippen LogP contribution in [0.5, 0.6) is 0 Å². The summed E-state index contributed by atoms with van der Waals surface area (Å²) in [6, 6.07) is 0. The van der Waals surface area contributed by atoms with Crippen LogP contribution in [0.15, 0.2) is 11.3 Å². The fourth-order valence-corrected chi connectivity index (χ4v) is 1.29. The van der Waals surface area contributed by atoms with E-state index in [2.05, 4.69) is 12.2 Å². The quantitative estimate of drug-likeness (QED) is 0.485. The molecule has 0 atom stereocenters. The summed E-state index contributed by atoms with van der Waals surface area (Å²) in [5, 5.41) is 3.26. The Bertz CT molecular complexity index is 209. The predicted octanol–water partition coefficient (Wildman–Crippen LogP) is 1.94. The van der Waals surface area contributed by atoms with Gasteiger partial charge in [0.2, 0.25) is 5.91 Å². The van der Waals surface area contributed by atoms with E-state index in [4.69, 9.17) is 5.73 Å². The smallest absolute Gasteiger partial charge is 0.246 e. The molecule has 0 aliphatic heterocycles. The van der Waals surface area contributed by atoms with Crippen molar-refractivity contribution in [1.29, 1.82) is 0 Å². The van der Waals surface area contributed by atoms with Gasteiger partial charge >= 0.3 is 0 Å². The van der Waals surface area contributed by atoms with Gasteiger partial charge in [-0.3, -0.25) is 4.79 Å². The normalized spacial score (nSPS) is 12.2. The van der Waals surface area contributed by atoms with Crippen LogP contribution < -0.4 is 11.1 Å². The molecule has 0 aromatic heterocycles. The second-order valence-corrected chi connectivity index (χ2v) is 3.46. The van der Waals surface area contributed by atoms with Crippen LogP contribution in [0.25, 0.3) is 0 Å². The third-order valence-electron chi connectivity index (χ3n) is 2.29. The molecular weight excluding hydrogens is 176 g/mol. The van der Waals surface area contributed by atoms with Gasteiger partial charge in [-0.1, -0.05) is 26.7 Å². The monoisotopic (exact) mass is 198 g/mol. The van der Waals surface area contributed by atoms with Crippen LogP contribution in [-0.2, 0) is 4.79 Å². The van der Waals surface area contributed by atoms with Crippen molar-refractivity contribution in [1.82, 2.24) is 5.32 Å². The molecule has 0 unspecified atom stereocenters. The zero-order valence-electron chi connectivity index (χ0n) is 9.52. The fraction of sp³-hybridized carbons (Fsp3) is 0.727.